The molecule has 6 nitrogen and oxygen atoms in total. The third kappa shape index (κ3) is 5.56. The molecule has 138 valence electrons. The topological polar surface area (TPSA) is 66.0 Å². The van der Waals surface area contributed by atoms with Crippen molar-refractivity contribution in [2.75, 3.05) is 38.3 Å². The third-order valence-corrected chi connectivity index (χ3v) is 5.26. The quantitative estimate of drug-likeness (QED) is 0.635. The second-order valence-corrected chi connectivity index (χ2v) is 8.45. The molecule has 1 aliphatic heterocycles. The molecule has 1 saturated heterocycles. The number of guanidine groups is 1. The number of methoxy groups -OCH3 is 1. The van der Waals surface area contributed by atoms with Crippen LogP contribution in [0.5, 0.6) is 5.75 Å². The Hall–Kier alpha value is -1.89. The number of thioether (sulfide) groups is 1. The molecule has 2 N–H and O–H groups in total. The van der Waals surface area contributed by atoms with E-state index in [9.17, 15) is 4.79 Å². The number of aliphatic imine (C=N–C) groups is 1. The number of rotatable bonds is 4. The van der Waals surface area contributed by atoms with E-state index in [-0.39, 0.29) is 10.7 Å². The van der Waals surface area contributed by atoms with Crippen molar-refractivity contribution in [3.8, 4) is 5.75 Å². The van der Waals surface area contributed by atoms with Gasteiger partial charge in [0.1, 0.15) is 5.75 Å². The van der Waals surface area contributed by atoms with Gasteiger partial charge in [0.15, 0.2) is 5.96 Å². The van der Waals surface area contributed by atoms with Gasteiger partial charge in [-0.2, -0.15) is 11.8 Å². The summed E-state index contributed by atoms with van der Waals surface area (Å²) < 4.78 is 5.53. The number of amides is 1. The molecule has 0 spiro atoms. The van der Waals surface area contributed by atoms with Crippen molar-refractivity contribution in [3.05, 3.63) is 23.8 Å². The van der Waals surface area contributed by atoms with Gasteiger partial charge in [-0.3, -0.25) is 9.79 Å². The van der Waals surface area contributed by atoms with Crippen molar-refractivity contribution in [3.63, 3.8) is 0 Å². The van der Waals surface area contributed by atoms with Gasteiger partial charge in [0.2, 0.25) is 5.91 Å². The van der Waals surface area contributed by atoms with Crippen LogP contribution in [0.2, 0.25) is 0 Å². The van der Waals surface area contributed by atoms with E-state index in [1.807, 2.05) is 37.0 Å². The van der Waals surface area contributed by atoms with E-state index in [1.165, 1.54) is 6.92 Å². The van der Waals surface area contributed by atoms with Crippen molar-refractivity contribution in [2.24, 2.45) is 4.99 Å². The number of nitrogens with zero attached hydrogens (tertiary/aromatic N) is 2. The highest BCUT2D eigenvalue weighted by molar-refractivity contribution is 8.00. The predicted molar refractivity (Wildman–Crippen MR) is 106 cm³/mol. The number of hydrogen-bond donors (Lipinski definition) is 2. The van der Waals surface area contributed by atoms with Crippen LogP contribution in [0.4, 0.5) is 5.69 Å². The first-order valence-electron chi connectivity index (χ1n) is 8.38. The van der Waals surface area contributed by atoms with E-state index in [0.717, 1.165) is 30.4 Å². The van der Waals surface area contributed by atoms with Gasteiger partial charge in [0, 0.05) is 44.1 Å². The molecule has 25 heavy (non-hydrogen) atoms. The van der Waals surface area contributed by atoms with Crippen LogP contribution < -0.4 is 15.4 Å². The Balaban J connectivity index is 2.05. The van der Waals surface area contributed by atoms with Gasteiger partial charge in [-0.25, -0.2) is 0 Å². The molecule has 1 amide bonds. The second-order valence-electron chi connectivity index (χ2n) is 6.65. The minimum atomic E-state index is -0.118. The summed E-state index contributed by atoms with van der Waals surface area (Å²) >= 11 is 2.00. The molecule has 0 aliphatic carbocycles. The van der Waals surface area contributed by atoms with Crippen molar-refractivity contribution in [1.82, 2.24) is 10.2 Å². The number of benzene rings is 1. The molecule has 0 aromatic heterocycles. The lowest BCUT2D eigenvalue weighted by Gasteiger charge is -2.39. The molecule has 1 aromatic rings. The minimum Gasteiger partial charge on any atom is -0.495 e. The molecular formula is C18H28N4O2S. The number of nitrogens with one attached hydrogen (secondary N) is 2. The van der Waals surface area contributed by atoms with Crippen LogP contribution in [0.15, 0.2) is 23.2 Å². The highest BCUT2D eigenvalue weighted by Gasteiger charge is 2.28. The zero-order valence-electron chi connectivity index (χ0n) is 15.7. The van der Waals surface area contributed by atoms with E-state index >= 15 is 0 Å². The van der Waals surface area contributed by atoms with E-state index < -0.39 is 0 Å². The molecule has 2 rings (SSSR count). The Kier molecular flexibility index (Phi) is 6.58. The van der Waals surface area contributed by atoms with Crippen LogP contribution >= 0.6 is 11.8 Å². The van der Waals surface area contributed by atoms with Crippen LogP contribution in [0.1, 0.15) is 26.3 Å². The van der Waals surface area contributed by atoms with Gasteiger partial charge in [-0.1, -0.05) is 6.07 Å². The second kappa shape index (κ2) is 8.47. The largest absolute Gasteiger partial charge is 0.495 e. The number of carbonyl (C=O) groups is 1. The Labute approximate surface area is 154 Å². The predicted octanol–water partition coefficient (Wildman–Crippen LogP) is 2.56. The summed E-state index contributed by atoms with van der Waals surface area (Å²) in [5.41, 5.74) is 1.73. The highest BCUT2D eigenvalue weighted by atomic mass is 32.2. The maximum absolute atomic E-state index is 11.4. The highest BCUT2D eigenvalue weighted by Crippen LogP contribution is 2.29. The summed E-state index contributed by atoms with van der Waals surface area (Å²) in [5, 5.41) is 6.23. The maximum Gasteiger partial charge on any atom is 0.221 e. The first-order valence-corrected chi connectivity index (χ1v) is 9.37. The number of anilines is 1. The minimum absolute atomic E-state index is 0.118. The fraction of sp³-hybridized carbons (Fsp3) is 0.556. The summed E-state index contributed by atoms with van der Waals surface area (Å²) in [4.78, 5) is 18.1. The molecule has 1 fully saturated rings. The molecular weight excluding hydrogens is 336 g/mol. The van der Waals surface area contributed by atoms with Crippen LogP contribution in [0, 0.1) is 0 Å². The smallest absolute Gasteiger partial charge is 0.221 e. The molecule has 7 heteroatoms. The van der Waals surface area contributed by atoms with Gasteiger partial charge in [-0.05, 0) is 31.5 Å². The van der Waals surface area contributed by atoms with Gasteiger partial charge in [-0.15, -0.1) is 0 Å². The summed E-state index contributed by atoms with van der Waals surface area (Å²) in [6.07, 6.45) is 0. The summed E-state index contributed by atoms with van der Waals surface area (Å²) in [5.74, 6) is 2.54. The SMILES string of the molecule is CN=C(NCc1ccc(OC)c(NC(C)=O)c1)N1CCSC(C)(C)C1. The van der Waals surface area contributed by atoms with Crippen molar-refractivity contribution < 1.29 is 9.53 Å². The van der Waals surface area contributed by atoms with Gasteiger partial charge >= 0.3 is 0 Å². The van der Waals surface area contributed by atoms with E-state index in [4.69, 9.17) is 4.74 Å². The number of hydrogen-bond acceptors (Lipinski definition) is 4. The molecule has 0 unspecified atom stereocenters. The molecule has 1 aromatic carbocycles. The Morgan fingerprint density at radius 1 is 1.44 bits per heavy atom. The first-order chi connectivity index (χ1) is 11.8. The fourth-order valence-corrected chi connectivity index (χ4v) is 3.97. The number of carbonyl (C=O) groups excluding carboxylic acids is 1. The molecule has 0 radical (unpaired) electrons. The monoisotopic (exact) mass is 364 g/mol. The normalized spacial score (nSPS) is 17.2. The lowest BCUT2D eigenvalue weighted by molar-refractivity contribution is -0.114. The average molecular weight is 365 g/mol. The Bertz CT molecular complexity index is 646. The maximum atomic E-state index is 11.4. The van der Waals surface area contributed by atoms with Gasteiger partial charge in [0.25, 0.3) is 0 Å². The zero-order chi connectivity index (χ0) is 18.4. The molecule has 1 aliphatic rings. The fourth-order valence-electron chi connectivity index (χ4n) is 2.86. The van der Waals surface area contributed by atoms with Gasteiger partial charge in [0.05, 0.1) is 12.8 Å². The Morgan fingerprint density at radius 2 is 2.20 bits per heavy atom. The lowest BCUT2D eigenvalue weighted by atomic mass is 10.1. The summed E-state index contributed by atoms with van der Waals surface area (Å²) in [6, 6.07) is 5.78. The Morgan fingerprint density at radius 3 is 2.80 bits per heavy atom. The summed E-state index contributed by atoms with van der Waals surface area (Å²) in [6.45, 7) is 8.61. The van der Waals surface area contributed by atoms with Crippen LogP contribution in [0.25, 0.3) is 0 Å². The number of ether oxygens (including phenoxy) is 1. The summed E-state index contributed by atoms with van der Waals surface area (Å²) in [7, 11) is 3.41. The van der Waals surface area contributed by atoms with E-state index in [2.05, 4.69) is 34.4 Å². The van der Waals surface area contributed by atoms with Crippen molar-refractivity contribution in [1.29, 1.82) is 0 Å². The van der Waals surface area contributed by atoms with E-state index in [1.54, 1.807) is 7.11 Å². The zero-order valence-corrected chi connectivity index (χ0v) is 16.5. The molecule has 0 atom stereocenters. The van der Waals surface area contributed by atoms with E-state index in [0.29, 0.717) is 18.0 Å². The molecule has 0 saturated carbocycles. The lowest BCUT2D eigenvalue weighted by Crippen LogP contribution is -2.50. The first kappa shape index (κ1) is 19.4. The average Bonchev–Trinajstić information content (AvgIpc) is 2.54. The van der Waals surface area contributed by atoms with Gasteiger partial charge < -0.3 is 20.3 Å². The van der Waals surface area contributed by atoms with Crippen LogP contribution in [0.3, 0.4) is 0 Å². The van der Waals surface area contributed by atoms with Crippen molar-refractivity contribution >= 4 is 29.3 Å². The molecule has 1 heterocycles. The van der Waals surface area contributed by atoms with Crippen LogP contribution in [-0.4, -0.2) is 54.5 Å². The molecule has 0 bridgehead atoms. The third-order valence-electron chi connectivity index (χ3n) is 3.96. The van der Waals surface area contributed by atoms with Crippen molar-refractivity contribution in [2.45, 2.75) is 32.1 Å². The van der Waals surface area contributed by atoms with Crippen LogP contribution in [-0.2, 0) is 11.3 Å². The standard InChI is InChI=1S/C18H28N4O2S/c1-13(23)21-15-10-14(6-7-16(15)24-5)11-20-17(19-4)22-8-9-25-18(2,3)12-22/h6-7,10H,8-9,11-12H2,1-5H3,(H,19,20)(H,21,23).